The van der Waals surface area contributed by atoms with E-state index in [4.69, 9.17) is 6.58 Å². The quantitative estimate of drug-likeness (QED) is 0.0838. The van der Waals surface area contributed by atoms with Crippen molar-refractivity contribution in [1.29, 1.82) is 0 Å². The summed E-state index contributed by atoms with van der Waals surface area (Å²) >= 11 is 0. The van der Waals surface area contributed by atoms with Gasteiger partial charge < -0.3 is 20.4 Å². The minimum absolute atomic E-state index is 0.0845. The number of rotatable bonds is 16. The number of aliphatic carboxylic acids is 1. The largest absolute Gasteiger partial charge is 0.508 e. The van der Waals surface area contributed by atoms with Crippen LogP contribution in [0.15, 0.2) is 144 Å². The molecule has 9 aliphatic rings. The van der Waals surface area contributed by atoms with E-state index in [0.29, 0.717) is 48.9 Å². The van der Waals surface area contributed by atoms with E-state index in [2.05, 4.69) is 132 Å². The third kappa shape index (κ3) is 9.30. The summed E-state index contributed by atoms with van der Waals surface area (Å²) in [4.78, 5) is 14.3. The summed E-state index contributed by atoms with van der Waals surface area (Å²) in [5.41, 5.74) is 11.9. The molecular formula is C78H96O5. The van der Waals surface area contributed by atoms with E-state index in [9.17, 15) is 25.2 Å². The summed E-state index contributed by atoms with van der Waals surface area (Å²) in [5.74, 6) is 1.24. The topological polar surface area (TPSA) is 98.0 Å². The Morgan fingerprint density at radius 2 is 1.53 bits per heavy atom. The van der Waals surface area contributed by atoms with Crippen molar-refractivity contribution in [2.45, 2.75) is 188 Å². The molecule has 5 nitrogen and oxygen atoms in total. The molecule has 4 fully saturated rings. The molecule has 0 saturated heterocycles. The summed E-state index contributed by atoms with van der Waals surface area (Å²) < 4.78 is 0. The number of fused-ring (bicyclic) bond motifs is 4. The van der Waals surface area contributed by atoms with Crippen LogP contribution in [0, 0.1) is 80.3 Å². The Labute approximate surface area is 496 Å². The number of benzene rings is 4. The lowest BCUT2D eigenvalue weighted by atomic mass is 9.30. The van der Waals surface area contributed by atoms with Crippen molar-refractivity contribution in [2.24, 2.45) is 80.3 Å². The first-order chi connectivity index (χ1) is 40.0. The fourth-order valence-electron chi connectivity index (χ4n) is 21.5. The molecule has 0 spiro atoms. The number of allylic oxidation sites excluding steroid dienone is 7. The maximum atomic E-state index is 14.3. The maximum Gasteiger partial charge on any atom is 0.306 e. The van der Waals surface area contributed by atoms with Gasteiger partial charge in [0.25, 0.3) is 0 Å². The fraction of sp³-hybridized carbons (Fsp3) is 0.551. The molecule has 9 aliphatic carbocycles. The summed E-state index contributed by atoms with van der Waals surface area (Å²) in [6.07, 6.45) is 31.4. The summed E-state index contributed by atoms with van der Waals surface area (Å²) in [6, 6.07) is 34.9. The molecule has 12 unspecified atom stereocenters. The van der Waals surface area contributed by atoms with Gasteiger partial charge >= 0.3 is 5.97 Å². The van der Waals surface area contributed by atoms with Gasteiger partial charge in [0.2, 0.25) is 0 Å². The molecule has 438 valence electrons. The Morgan fingerprint density at radius 1 is 0.783 bits per heavy atom. The minimum Gasteiger partial charge on any atom is -0.508 e. The second-order valence-electron chi connectivity index (χ2n) is 29.8. The zero-order valence-electron chi connectivity index (χ0n) is 50.9. The Hall–Kier alpha value is -5.23. The van der Waals surface area contributed by atoms with Gasteiger partial charge in [-0.2, -0.15) is 0 Å². The molecule has 2 bridgehead atoms. The van der Waals surface area contributed by atoms with Crippen LogP contribution in [0.4, 0.5) is 0 Å². The first-order valence-corrected chi connectivity index (χ1v) is 33.2. The maximum absolute atomic E-state index is 14.3. The molecule has 0 heterocycles. The average Bonchev–Trinajstić information content (AvgIpc) is 1.56. The molecule has 4 aromatic carbocycles. The van der Waals surface area contributed by atoms with Gasteiger partial charge in [0.1, 0.15) is 5.75 Å². The number of phenolic OH excluding ortho intramolecular Hbond substituents is 1. The van der Waals surface area contributed by atoms with Crippen LogP contribution in [-0.2, 0) is 24.1 Å². The van der Waals surface area contributed by atoms with Crippen molar-refractivity contribution < 1.29 is 25.2 Å². The number of carbonyl (C=O) groups is 1. The smallest absolute Gasteiger partial charge is 0.306 e. The molecule has 0 amide bonds. The highest BCUT2D eigenvalue weighted by Crippen LogP contribution is 2.82. The SMILES string of the molecule is C=C(CCC(C(=O)O)C1C(O)CC2(C3CCC(Cc4ccccc4)CC3)C3=C(CCC12C)C12CCC(O)C4(C)CC=CC(C=C5C(Cc6cccc(-c7ccc(O)cc7)c6)=c6cccc(CCC(C)C)c6=CC51)(C3)C42)C(C)C1CCCCC1. The Balaban J connectivity index is 0.983. The van der Waals surface area contributed by atoms with Crippen LogP contribution in [0.25, 0.3) is 22.8 Å². The highest BCUT2D eigenvalue weighted by molar-refractivity contribution is 5.78. The molecule has 4 N–H and O–H groups in total. The van der Waals surface area contributed by atoms with Gasteiger partial charge in [-0.3, -0.25) is 4.79 Å². The van der Waals surface area contributed by atoms with Crippen LogP contribution in [0.3, 0.4) is 0 Å². The van der Waals surface area contributed by atoms with Crippen LogP contribution in [-0.4, -0.2) is 38.6 Å². The molecule has 0 aliphatic heterocycles. The van der Waals surface area contributed by atoms with Crippen LogP contribution in [0.5, 0.6) is 5.75 Å². The van der Waals surface area contributed by atoms with E-state index < -0.39 is 34.9 Å². The average molecular weight is 1110 g/mol. The highest BCUT2D eigenvalue weighted by Gasteiger charge is 2.76. The third-order valence-corrected chi connectivity index (χ3v) is 25.3. The predicted molar refractivity (Wildman–Crippen MR) is 337 cm³/mol. The van der Waals surface area contributed by atoms with Crippen molar-refractivity contribution in [1.82, 2.24) is 0 Å². The molecule has 0 aromatic heterocycles. The van der Waals surface area contributed by atoms with Crippen molar-refractivity contribution in [3.63, 3.8) is 0 Å². The Morgan fingerprint density at radius 3 is 2.28 bits per heavy atom. The van der Waals surface area contributed by atoms with Crippen molar-refractivity contribution in [2.75, 3.05) is 0 Å². The first-order valence-electron chi connectivity index (χ1n) is 33.2. The van der Waals surface area contributed by atoms with E-state index in [0.717, 1.165) is 101 Å². The number of phenols is 1. The summed E-state index contributed by atoms with van der Waals surface area (Å²) in [6.45, 7) is 16.7. The number of aliphatic hydroxyl groups is 2. The molecule has 0 radical (unpaired) electrons. The van der Waals surface area contributed by atoms with E-state index in [1.807, 2.05) is 12.1 Å². The molecule has 4 aromatic rings. The molecule has 83 heavy (non-hydrogen) atoms. The van der Waals surface area contributed by atoms with Gasteiger partial charge in [0.05, 0.1) is 18.1 Å². The zero-order valence-corrected chi connectivity index (χ0v) is 50.9. The molecular weight excluding hydrogens is 1020 g/mol. The minimum atomic E-state index is -0.742. The lowest BCUT2D eigenvalue weighted by Gasteiger charge is -2.73. The Bertz CT molecular complexity index is 3350. The Kier molecular flexibility index (Phi) is 15.0. The van der Waals surface area contributed by atoms with Crippen molar-refractivity contribution in [3.8, 4) is 16.9 Å². The highest BCUT2D eigenvalue weighted by atomic mass is 16.4. The number of aliphatic hydroxyl groups excluding tert-OH is 2. The summed E-state index contributed by atoms with van der Waals surface area (Å²) in [7, 11) is 0. The lowest BCUT2D eigenvalue weighted by molar-refractivity contribution is -0.164. The van der Waals surface area contributed by atoms with Crippen LogP contribution >= 0.6 is 0 Å². The number of aromatic hydroxyl groups is 1. The molecule has 13 rings (SSSR count). The van der Waals surface area contributed by atoms with Crippen LogP contribution in [0.1, 0.15) is 173 Å². The van der Waals surface area contributed by atoms with E-state index in [1.165, 1.54) is 76.0 Å². The van der Waals surface area contributed by atoms with Gasteiger partial charge in [-0.05, 0) is 224 Å². The zero-order chi connectivity index (χ0) is 57.6. The van der Waals surface area contributed by atoms with E-state index >= 15 is 0 Å². The number of hydrogen-bond acceptors (Lipinski definition) is 4. The van der Waals surface area contributed by atoms with Gasteiger partial charge in [0, 0.05) is 33.5 Å². The van der Waals surface area contributed by atoms with Gasteiger partial charge in [-0.25, -0.2) is 0 Å². The second kappa shape index (κ2) is 21.9. The molecule has 12 atom stereocenters. The monoisotopic (exact) mass is 1110 g/mol. The summed E-state index contributed by atoms with van der Waals surface area (Å²) in [5, 5.41) is 50.9. The van der Waals surface area contributed by atoms with Gasteiger partial charge in [-0.1, -0.05) is 186 Å². The molecule has 5 heteroatoms. The van der Waals surface area contributed by atoms with Crippen molar-refractivity contribution >= 4 is 17.6 Å². The van der Waals surface area contributed by atoms with Crippen LogP contribution < -0.4 is 10.4 Å². The van der Waals surface area contributed by atoms with Crippen molar-refractivity contribution in [3.05, 3.63) is 171 Å². The third-order valence-electron chi connectivity index (χ3n) is 25.3. The predicted octanol–water partition coefficient (Wildman–Crippen LogP) is 16.3. The second-order valence-corrected chi connectivity index (χ2v) is 29.8. The first kappa shape index (κ1) is 56.9. The fourth-order valence-corrected chi connectivity index (χ4v) is 21.5. The lowest BCUT2D eigenvalue weighted by Crippen LogP contribution is -2.68. The number of carboxylic acid groups (broad SMARTS) is 1. The van der Waals surface area contributed by atoms with Crippen LogP contribution in [0.2, 0.25) is 0 Å². The van der Waals surface area contributed by atoms with Gasteiger partial charge in [-0.15, -0.1) is 0 Å². The number of aryl methyl sites for hydroxylation is 1. The van der Waals surface area contributed by atoms with E-state index in [1.54, 1.807) is 23.3 Å². The number of hydrogen-bond donors (Lipinski definition) is 4. The standard InChI is InChI=1S/C78H96O5/c1-49(2)24-28-57-21-14-23-61-63(57)45-67-65(64(61)44-54-18-13-22-58(43-54)56-29-33-60(79)34-30-56)46-76-39-15-38-74(5)70(81)37-41-77(67,73(74)76)66-36-40-75(6)71(62(72(82)83)35-25-50(3)51(4)55-19-11-8-12-20-55)69(80)48-78(75,68(66)47-76)59-31-26-53(27-32-59)42-52-16-9-7-10-17-52/h7,9-10,13-18,21-23,29-30,33-34,39,43,45-46,49,51,53,55,59,62,67,69-71,73,79-81H,3,8,11-12,19-20,24-28,31-32,35-38,40-42,44,47-48H2,1-2,4-6H3,(H,82,83). The number of carboxylic acids is 1. The molecule has 4 saturated carbocycles. The normalized spacial score (nSPS) is 35.0. The van der Waals surface area contributed by atoms with Gasteiger partial charge in [0.15, 0.2) is 0 Å². The van der Waals surface area contributed by atoms with E-state index in [-0.39, 0.29) is 39.7 Å².